The highest BCUT2D eigenvalue weighted by Crippen LogP contribution is 2.23. The van der Waals surface area contributed by atoms with Gasteiger partial charge < -0.3 is 4.90 Å². The first-order valence-corrected chi connectivity index (χ1v) is 6.94. The highest BCUT2D eigenvalue weighted by atomic mass is 15.7. The van der Waals surface area contributed by atoms with Gasteiger partial charge in [-0.15, -0.1) is 0 Å². The van der Waals surface area contributed by atoms with Gasteiger partial charge >= 0.3 is 0 Å². The van der Waals surface area contributed by atoms with E-state index in [4.69, 9.17) is 0 Å². The number of nitrogens with one attached hydrogen (secondary N) is 2. The Labute approximate surface area is 104 Å². The fourth-order valence-electron chi connectivity index (χ4n) is 3.33. The molecule has 0 aromatic carbocycles. The summed E-state index contributed by atoms with van der Waals surface area (Å²) >= 11 is 0. The van der Waals surface area contributed by atoms with E-state index in [1.165, 1.54) is 39.0 Å². The average molecular weight is 239 g/mol. The quantitative estimate of drug-likeness (QED) is 0.643. The molecule has 2 N–H and O–H groups in total. The van der Waals surface area contributed by atoms with Crippen molar-refractivity contribution in [3.05, 3.63) is 0 Å². The van der Waals surface area contributed by atoms with Crippen molar-refractivity contribution in [2.45, 2.75) is 38.1 Å². The zero-order chi connectivity index (χ0) is 11.8. The van der Waals surface area contributed by atoms with Crippen molar-refractivity contribution in [3.63, 3.8) is 0 Å². The van der Waals surface area contributed by atoms with Crippen molar-refractivity contribution in [1.82, 2.24) is 25.6 Å². The van der Waals surface area contributed by atoms with E-state index < -0.39 is 0 Å². The van der Waals surface area contributed by atoms with Gasteiger partial charge in [0.15, 0.2) is 0 Å². The molecule has 0 spiro atoms. The third-order valence-corrected chi connectivity index (χ3v) is 4.37. The molecular weight excluding hydrogens is 214 g/mol. The number of hydrazine groups is 1. The predicted octanol–water partition coefficient (Wildman–Crippen LogP) is -0.522. The summed E-state index contributed by atoms with van der Waals surface area (Å²) in [6, 6.07) is 0.640. The summed E-state index contributed by atoms with van der Waals surface area (Å²) in [7, 11) is 2.22. The SMILES string of the molecule is CC1CC(N2CCN(C)CC2)N2NCCC2N1. The van der Waals surface area contributed by atoms with Crippen LogP contribution in [0.1, 0.15) is 19.8 Å². The average Bonchev–Trinajstić information content (AvgIpc) is 2.77. The number of hydrogen-bond donors (Lipinski definition) is 2. The summed E-state index contributed by atoms with van der Waals surface area (Å²) in [6.07, 6.45) is 3.60. The van der Waals surface area contributed by atoms with Crippen LogP contribution in [0.3, 0.4) is 0 Å². The monoisotopic (exact) mass is 239 g/mol. The van der Waals surface area contributed by atoms with Crippen LogP contribution >= 0.6 is 0 Å². The van der Waals surface area contributed by atoms with Crippen LogP contribution in [0.4, 0.5) is 0 Å². The summed E-state index contributed by atoms with van der Waals surface area (Å²) in [4.78, 5) is 5.08. The van der Waals surface area contributed by atoms with E-state index in [1.54, 1.807) is 0 Å². The maximum atomic E-state index is 3.68. The standard InChI is InChI=1S/C12H25N5/c1-10-9-12(16-7-5-15(2)6-8-16)17-11(14-10)3-4-13-17/h10-14H,3-9H2,1-2H3. The molecule has 3 heterocycles. The maximum absolute atomic E-state index is 3.68. The Morgan fingerprint density at radius 1 is 1.12 bits per heavy atom. The van der Waals surface area contributed by atoms with E-state index in [-0.39, 0.29) is 0 Å². The summed E-state index contributed by atoms with van der Waals surface area (Å²) in [5.74, 6) is 0. The van der Waals surface area contributed by atoms with E-state index in [0.717, 1.165) is 6.54 Å². The van der Waals surface area contributed by atoms with E-state index >= 15 is 0 Å². The fraction of sp³-hybridized carbons (Fsp3) is 1.00. The van der Waals surface area contributed by atoms with Crippen molar-refractivity contribution < 1.29 is 0 Å². The van der Waals surface area contributed by atoms with E-state index in [9.17, 15) is 0 Å². The molecule has 3 aliphatic rings. The second kappa shape index (κ2) is 4.82. The molecule has 3 rings (SSSR count). The van der Waals surface area contributed by atoms with Crippen molar-refractivity contribution >= 4 is 0 Å². The Hall–Kier alpha value is -0.200. The van der Waals surface area contributed by atoms with Gasteiger partial charge in [0.2, 0.25) is 0 Å². The lowest BCUT2D eigenvalue weighted by Gasteiger charge is -2.48. The highest BCUT2D eigenvalue weighted by Gasteiger charge is 2.39. The van der Waals surface area contributed by atoms with Crippen LogP contribution < -0.4 is 10.7 Å². The van der Waals surface area contributed by atoms with Crippen LogP contribution in [0.5, 0.6) is 0 Å². The molecule has 3 unspecified atom stereocenters. The molecule has 3 fully saturated rings. The Balaban J connectivity index is 1.67. The predicted molar refractivity (Wildman–Crippen MR) is 68.3 cm³/mol. The molecule has 3 saturated heterocycles. The minimum absolute atomic E-state index is 0.545. The molecule has 5 nitrogen and oxygen atoms in total. The van der Waals surface area contributed by atoms with Gasteiger partial charge in [-0.25, -0.2) is 5.01 Å². The molecule has 0 aromatic heterocycles. The van der Waals surface area contributed by atoms with Gasteiger partial charge in [0.1, 0.15) is 0 Å². The molecule has 0 saturated carbocycles. The molecule has 3 aliphatic heterocycles. The van der Waals surface area contributed by atoms with Crippen LogP contribution in [0.25, 0.3) is 0 Å². The van der Waals surface area contributed by atoms with Gasteiger partial charge in [-0.2, -0.15) is 0 Å². The number of likely N-dealkylation sites (N-methyl/N-ethyl adjacent to an activating group) is 1. The zero-order valence-electron chi connectivity index (χ0n) is 11.0. The Kier molecular flexibility index (Phi) is 3.36. The minimum Gasteiger partial charge on any atom is -0.304 e. The minimum atomic E-state index is 0.545. The molecule has 5 heteroatoms. The number of rotatable bonds is 1. The van der Waals surface area contributed by atoms with Gasteiger partial charge in [-0.3, -0.25) is 15.6 Å². The van der Waals surface area contributed by atoms with Crippen LogP contribution in [0, 0.1) is 0 Å². The highest BCUT2D eigenvalue weighted by molar-refractivity contribution is 4.90. The van der Waals surface area contributed by atoms with Gasteiger partial charge in [-0.1, -0.05) is 0 Å². The number of nitrogens with zero attached hydrogens (tertiary/aromatic N) is 3. The van der Waals surface area contributed by atoms with E-state index in [2.05, 4.69) is 39.5 Å². The molecule has 0 aliphatic carbocycles. The Morgan fingerprint density at radius 2 is 1.88 bits per heavy atom. The van der Waals surface area contributed by atoms with Crippen LogP contribution in [0.2, 0.25) is 0 Å². The smallest absolute Gasteiger partial charge is 0.0791 e. The zero-order valence-corrected chi connectivity index (χ0v) is 11.0. The molecule has 17 heavy (non-hydrogen) atoms. The summed E-state index contributed by atoms with van der Waals surface area (Å²) < 4.78 is 0. The van der Waals surface area contributed by atoms with E-state index in [0.29, 0.717) is 18.4 Å². The summed E-state index contributed by atoms with van der Waals surface area (Å²) in [6.45, 7) is 8.26. The largest absolute Gasteiger partial charge is 0.304 e. The van der Waals surface area contributed by atoms with Crippen LogP contribution in [0.15, 0.2) is 0 Å². The lowest BCUT2D eigenvalue weighted by atomic mass is 10.1. The fourth-order valence-corrected chi connectivity index (χ4v) is 3.33. The first-order chi connectivity index (χ1) is 8.24. The normalized spacial score (nSPS) is 41.6. The maximum Gasteiger partial charge on any atom is 0.0791 e. The Bertz CT molecular complexity index is 264. The lowest BCUT2D eigenvalue weighted by Crippen LogP contribution is -2.66. The van der Waals surface area contributed by atoms with Crippen molar-refractivity contribution in [1.29, 1.82) is 0 Å². The van der Waals surface area contributed by atoms with Crippen molar-refractivity contribution in [2.75, 3.05) is 39.8 Å². The molecule has 3 atom stereocenters. The van der Waals surface area contributed by atoms with E-state index in [1.807, 2.05) is 0 Å². The molecule has 98 valence electrons. The van der Waals surface area contributed by atoms with Crippen molar-refractivity contribution in [2.24, 2.45) is 0 Å². The second-order valence-electron chi connectivity index (χ2n) is 5.74. The molecule has 0 aromatic rings. The van der Waals surface area contributed by atoms with Crippen molar-refractivity contribution in [3.8, 4) is 0 Å². The number of fused-ring (bicyclic) bond motifs is 1. The number of piperazine rings is 1. The van der Waals surface area contributed by atoms with Crippen LogP contribution in [-0.2, 0) is 0 Å². The third kappa shape index (κ3) is 2.35. The summed E-state index contributed by atoms with van der Waals surface area (Å²) in [5, 5.41) is 6.15. The van der Waals surface area contributed by atoms with Gasteiger partial charge in [0.25, 0.3) is 0 Å². The topological polar surface area (TPSA) is 33.8 Å². The second-order valence-corrected chi connectivity index (χ2v) is 5.74. The van der Waals surface area contributed by atoms with Gasteiger partial charge in [-0.05, 0) is 26.8 Å². The lowest BCUT2D eigenvalue weighted by molar-refractivity contribution is -0.0612. The van der Waals surface area contributed by atoms with Gasteiger partial charge in [0, 0.05) is 38.8 Å². The molecular formula is C12H25N5. The summed E-state index contributed by atoms with van der Waals surface area (Å²) in [5.41, 5.74) is 3.55. The van der Waals surface area contributed by atoms with Gasteiger partial charge in [0.05, 0.1) is 12.3 Å². The molecule has 0 bridgehead atoms. The first-order valence-electron chi connectivity index (χ1n) is 6.94. The first kappa shape index (κ1) is 11.9. The third-order valence-electron chi connectivity index (χ3n) is 4.37. The number of hydrogen-bond acceptors (Lipinski definition) is 5. The molecule has 0 radical (unpaired) electrons. The Morgan fingerprint density at radius 3 is 2.65 bits per heavy atom. The molecule has 0 amide bonds. The van der Waals surface area contributed by atoms with Crippen LogP contribution in [-0.4, -0.2) is 73.0 Å².